The molecular weight excluding hydrogens is 322 g/mol. The molecule has 0 aliphatic rings. The van der Waals surface area contributed by atoms with Crippen molar-refractivity contribution < 1.29 is 9.18 Å². The highest BCUT2D eigenvalue weighted by Crippen LogP contribution is 2.26. The Labute approximate surface area is 116 Å². The van der Waals surface area contributed by atoms with Crippen LogP contribution < -0.4 is 5.32 Å². The molecule has 2 aromatic rings. The van der Waals surface area contributed by atoms with E-state index in [2.05, 4.69) is 26.2 Å². The Bertz CT molecular complexity index is 606. The Morgan fingerprint density at radius 2 is 2.11 bits per heavy atom. The predicted octanol–water partition coefficient (Wildman–Crippen LogP) is 3.89. The van der Waals surface area contributed by atoms with Crippen molar-refractivity contribution in [3.63, 3.8) is 0 Å². The van der Waals surface area contributed by atoms with Crippen molar-refractivity contribution in [2.24, 2.45) is 0 Å². The van der Waals surface area contributed by atoms with E-state index in [1.807, 2.05) is 0 Å². The molecule has 2 rings (SSSR count). The molecule has 0 bridgehead atoms. The number of hydrogen-bond acceptors (Lipinski definition) is 2. The molecule has 0 unspecified atom stereocenters. The molecule has 3 nitrogen and oxygen atoms in total. The van der Waals surface area contributed by atoms with Gasteiger partial charge < -0.3 is 5.32 Å². The van der Waals surface area contributed by atoms with Crippen LogP contribution in [0.15, 0.2) is 40.9 Å². The molecule has 92 valence electrons. The molecule has 1 amide bonds. The second kappa shape index (κ2) is 5.46. The van der Waals surface area contributed by atoms with Gasteiger partial charge in [0.1, 0.15) is 5.69 Å². The fourth-order valence-corrected chi connectivity index (χ4v) is 2.09. The minimum Gasteiger partial charge on any atom is -0.320 e. The van der Waals surface area contributed by atoms with Gasteiger partial charge in [0.15, 0.2) is 0 Å². The zero-order chi connectivity index (χ0) is 13.1. The van der Waals surface area contributed by atoms with Gasteiger partial charge in [0, 0.05) is 9.50 Å². The quantitative estimate of drug-likeness (QED) is 0.849. The SMILES string of the molecule is O=C(Nc1ccc(Cl)cc1Br)c1cccc(F)n1. The molecule has 18 heavy (non-hydrogen) atoms. The van der Waals surface area contributed by atoms with Gasteiger partial charge >= 0.3 is 0 Å². The predicted molar refractivity (Wildman–Crippen MR) is 71.3 cm³/mol. The molecule has 0 saturated heterocycles. The molecule has 0 radical (unpaired) electrons. The number of nitrogens with zero attached hydrogens (tertiary/aromatic N) is 1. The van der Waals surface area contributed by atoms with Crippen LogP contribution in [0.25, 0.3) is 0 Å². The van der Waals surface area contributed by atoms with Crippen LogP contribution in [0, 0.1) is 5.95 Å². The van der Waals surface area contributed by atoms with Crippen LogP contribution in [0.1, 0.15) is 10.5 Å². The maximum atomic E-state index is 12.9. The summed E-state index contributed by atoms with van der Waals surface area (Å²) in [5.41, 5.74) is 0.548. The summed E-state index contributed by atoms with van der Waals surface area (Å²) in [6.07, 6.45) is 0. The van der Waals surface area contributed by atoms with Gasteiger partial charge in [-0.1, -0.05) is 17.7 Å². The lowest BCUT2D eigenvalue weighted by Crippen LogP contribution is -2.14. The number of benzene rings is 1. The first-order valence-electron chi connectivity index (χ1n) is 4.95. The average molecular weight is 330 g/mol. The normalized spacial score (nSPS) is 10.2. The summed E-state index contributed by atoms with van der Waals surface area (Å²) >= 11 is 9.06. The van der Waals surface area contributed by atoms with E-state index in [0.29, 0.717) is 15.2 Å². The Kier molecular flexibility index (Phi) is 3.93. The number of hydrogen-bond donors (Lipinski definition) is 1. The van der Waals surface area contributed by atoms with Crippen molar-refractivity contribution >= 4 is 39.1 Å². The number of amides is 1. The number of nitrogens with one attached hydrogen (secondary N) is 1. The van der Waals surface area contributed by atoms with Crippen molar-refractivity contribution in [2.75, 3.05) is 5.32 Å². The van der Waals surface area contributed by atoms with E-state index < -0.39 is 11.9 Å². The van der Waals surface area contributed by atoms with Crippen LogP contribution in [0.3, 0.4) is 0 Å². The first-order valence-corrected chi connectivity index (χ1v) is 6.12. The summed E-state index contributed by atoms with van der Waals surface area (Å²) in [5.74, 6) is -1.18. The first kappa shape index (κ1) is 13.0. The average Bonchev–Trinajstić information content (AvgIpc) is 2.32. The molecule has 0 saturated carbocycles. The minimum atomic E-state index is -0.696. The van der Waals surface area contributed by atoms with Gasteiger partial charge in [-0.15, -0.1) is 0 Å². The Balaban J connectivity index is 2.21. The van der Waals surface area contributed by atoms with Crippen molar-refractivity contribution in [1.82, 2.24) is 4.98 Å². The molecule has 1 heterocycles. The molecule has 0 fully saturated rings. The summed E-state index contributed by atoms with van der Waals surface area (Å²) in [4.78, 5) is 15.3. The number of rotatable bonds is 2. The molecule has 0 atom stereocenters. The second-order valence-corrected chi connectivity index (χ2v) is 4.71. The molecule has 0 aliphatic carbocycles. The van der Waals surface area contributed by atoms with Gasteiger partial charge in [-0.05, 0) is 46.3 Å². The van der Waals surface area contributed by atoms with Crippen LogP contribution in [-0.2, 0) is 0 Å². The summed E-state index contributed by atoms with van der Waals surface area (Å²) in [6.45, 7) is 0. The topological polar surface area (TPSA) is 42.0 Å². The van der Waals surface area contributed by atoms with Gasteiger partial charge in [-0.2, -0.15) is 4.39 Å². The molecule has 1 aromatic heterocycles. The van der Waals surface area contributed by atoms with Crippen LogP contribution in [-0.4, -0.2) is 10.9 Å². The second-order valence-electron chi connectivity index (χ2n) is 3.42. The number of pyridine rings is 1. The third kappa shape index (κ3) is 3.05. The van der Waals surface area contributed by atoms with Gasteiger partial charge in [0.2, 0.25) is 5.95 Å². The van der Waals surface area contributed by atoms with E-state index in [1.54, 1.807) is 18.2 Å². The highest BCUT2D eigenvalue weighted by molar-refractivity contribution is 9.10. The number of halogens is 3. The third-order valence-electron chi connectivity index (χ3n) is 2.13. The summed E-state index contributed by atoms with van der Waals surface area (Å²) < 4.78 is 13.5. The van der Waals surface area contributed by atoms with Crippen molar-refractivity contribution in [1.29, 1.82) is 0 Å². The van der Waals surface area contributed by atoms with Crippen molar-refractivity contribution in [2.45, 2.75) is 0 Å². The molecule has 0 spiro atoms. The zero-order valence-corrected chi connectivity index (χ0v) is 11.3. The fraction of sp³-hybridized carbons (Fsp3) is 0. The standard InChI is InChI=1S/C12H7BrClFN2O/c13-8-6-7(14)4-5-9(8)17-12(18)10-2-1-3-11(15)16-10/h1-6H,(H,17,18). The number of aromatic nitrogens is 1. The maximum absolute atomic E-state index is 12.9. The number of anilines is 1. The maximum Gasteiger partial charge on any atom is 0.274 e. The zero-order valence-electron chi connectivity index (χ0n) is 8.95. The van der Waals surface area contributed by atoms with E-state index in [9.17, 15) is 9.18 Å². The fourth-order valence-electron chi connectivity index (χ4n) is 1.31. The highest BCUT2D eigenvalue weighted by Gasteiger charge is 2.10. The molecule has 1 aromatic carbocycles. The lowest BCUT2D eigenvalue weighted by atomic mass is 10.3. The van der Waals surface area contributed by atoms with E-state index >= 15 is 0 Å². The first-order chi connectivity index (χ1) is 8.56. The smallest absolute Gasteiger partial charge is 0.274 e. The number of carbonyl (C=O) groups is 1. The van der Waals surface area contributed by atoms with Gasteiger partial charge in [-0.3, -0.25) is 4.79 Å². The van der Waals surface area contributed by atoms with Crippen LogP contribution in [0.2, 0.25) is 5.02 Å². The van der Waals surface area contributed by atoms with E-state index in [4.69, 9.17) is 11.6 Å². The molecular formula is C12H7BrClFN2O. The summed E-state index contributed by atoms with van der Waals surface area (Å²) in [5, 5.41) is 3.15. The lowest BCUT2D eigenvalue weighted by molar-refractivity contribution is 0.102. The van der Waals surface area contributed by atoms with Crippen molar-refractivity contribution in [3.05, 3.63) is 57.5 Å². The Morgan fingerprint density at radius 3 is 2.78 bits per heavy atom. The number of carbonyl (C=O) groups excluding carboxylic acids is 1. The summed E-state index contributed by atoms with van der Waals surface area (Å²) in [7, 11) is 0. The van der Waals surface area contributed by atoms with E-state index in [1.165, 1.54) is 18.2 Å². The van der Waals surface area contributed by atoms with Gasteiger partial charge in [-0.25, -0.2) is 4.98 Å². The Hall–Kier alpha value is -1.46. The minimum absolute atomic E-state index is 0.0110. The lowest BCUT2D eigenvalue weighted by Gasteiger charge is -2.07. The van der Waals surface area contributed by atoms with Crippen LogP contribution in [0.5, 0.6) is 0 Å². The van der Waals surface area contributed by atoms with E-state index in [0.717, 1.165) is 0 Å². The summed E-state index contributed by atoms with van der Waals surface area (Å²) in [6, 6.07) is 8.96. The molecule has 6 heteroatoms. The highest BCUT2D eigenvalue weighted by atomic mass is 79.9. The molecule has 1 N–H and O–H groups in total. The third-order valence-corrected chi connectivity index (χ3v) is 3.02. The Morgan fingerprint density at radius 1 is 1.33 bits per heavy atom. The molecule has 0 aliphatic heterocycles. The largest absolute Gasteiger partial charge is 0.320 e. The van der Waals surface area contributed by atoms with Gasteiger partial charge in [0.25, 0.3) is 5.91 Å². The van der Waals surface area contributed by atoms with Crippen LogP contribution in [0.4, 0.5) is 10.1 Å². The van der Waals surface area contributed by atoms with Crippen molar-refractivity contribution in [3.8, 4) is 0 Å². The monoisotopic (exact) mass is 328 g/mol. The van der Waals surface area contributed by atoms with Crippen LogP contribution >= 0.6 is 27.5 Å². The van der Waals surface area contributed by atoms with E-state index in [-0.39, 0.29) is 5.69 Å². The van der Waals surface area contributed by atoms with Gasteiger partial charge in [0.05, 0.1) is 5.69 Å².